The third-order valence-corrected chi connectivity index (χ3v) is 7.40. The maximum atomic E-state index is 13.8. The Hall–Kier alpha value is -5.64. The average molecular weight is 730 g/mol. The number of aliphatic carboxylic acids is 1. The van der Waals surface area contributed by atoms with Crippen LogP contribution in [-0.4, -0.2) is 71.8 Å². The highest BCUT2D eigenvalue weighted by Crippen LogP contribution is 2.25. The van der Waals surface area contributed by atoms with Crippen LogP contribution in [0.15, 0.2) is 89.9 Å². The van der Waals surface area contributed by atoms with E-state index in [0.717, 1.165) is 42.4 Å². The number of unbranched alkanes of at least 4 members (excludes halogenated alkanes) is 3. The number of halogens is 3. The fourth-order valence-corrected chi connectivity index (χ4v) is 4.76. The van der Waals surface area contributed by atoms with Gasteiger partial charge in [0.25, 0.3) is 0 Å². The molecule has 10 N–H and O–H groups in total. The molecule has 0 aliphatic heterocycles. The number of carbonyl (C=O) groups excluding carboxylic acids is 3. The normalized spacial score (nSPS) is 11.8. The molecule has 16 heteroatoms. The van der Waals surface area contributed by atoms with Crippen LogP contribution in [0.3, 0.4) is 0 Å². The Morgan fingerprint density at radius 3 is 1.87 bits per heavy atom. The van der Waals surface area contributed by atoms with Crippen molar-refractivity contribution in [2.45, 2.75) is 63.2 Å². The summed E-state index contributed by atoms with van der Waals surface area (Å²) in [5.74, 6) is -3.92. The van der Waals surface area contributed by atoms with Crippen LogP contribution in [0.5, 0.6) is 5.75 Å². The molecule has 0 aromatic heterocycles. The van der Waals surface area contributed by atoms with Crippen molar-refractivity contribution in [2.75, 3.05) is 19.6 Å². The number of hydrogen-bond donors (Lipinski definition) is 8. The number of guanidine groups is 1. The van der Waals surface area contributed by atoms with Crippen LogP contribution >= 0.6 is 0 Å². The summed E-state index contributed by atoms with van der Waals surface area (Å²) in [6.45, 7) is 1.66. The lowest BCUT2D eigenvalue weighted by molar-refractivity contribution is -0.192. The topological polar surface area (TPSA) is 221 Å². The number of phenols is 1. The number of nitrogens with two attached hydrogens (primary N) is 2. The number of aliphatic imine (C=N–C) groups is 1. The number of benzene rings is 3. The second-order valence-electron chi connectivity index (χ2n) is 11.5. The van der Waals surface area contributed by atoms with Gasteiger partial charge < -0.3 is 37.6 Å². The molecule has 0 spiro atoms. The first kappa shape index (κ1) is 42.5. The van der Waals surface area contributed by atoms with Crippen molar-refractivity contribution in [2.24, 2.45) is 16.5 Å². The Balaban J connectivity index is 0.00000121. The summed E-state index contributed by atoms with van der Waals surface area (Å²) in [5, 5.41) is 27.8. The summed E-state index contributed by atoms with van der Waals surface area (Å²) in [4.78, 5) is 52.3. The van der Waals surface area contributed by atoms with Crippen molar-refractivity contribution in [1.29, 1.82) is 0 Å². The minimum Gasteiger partial charge on any atom is -0.508 e. The van der Waals surface area contributed by atoms with Gasteiger partial charge in [0.1, 0.15) is 11.8 Å². The van der Waals surface area contributed by atoms with Gasteiger partial charge in [-0.15, -0.1) is 0 Å². The van der Waals surface area contributed by atoms with E-state index in [-0.39, 0.29) is 43.0 Å². The van der Waals surface area contributed by atoms with Crippen LogP contribution in [0.2, 0.25) is 0 Å². The summed E-state index contributed by atoms with van der Waals surface area (Å²) in [5.41, 5.74) is 13.8. The molecule has 0 saturated heterocycles. The Bertz CT molecular complexity index is 1520. The lowest BCUT2D eigenvalue weighted by atomic mass is 9.90. The number of nitrogens with one attached hydrogen (secondary N) is 4. The van der Waals surface area contributed by atoms with Gasteiger partial charge in [-0.1, -0.05) is 85.6 Å². The first-order valence-corrected chi connectivity index (χ1v) is 16.6. The van der Waals surface area contributed by atoms with Crippen LogP contribution < -0.4 is 32.7 Å². The lowest BCUT2D eigenvalue weighted by Crippen LogP contribution is -2.48. The fraction of sp³-hybridized carbons (Fsp3) is 0.361. The van der Waals surface area contributed by atoms with Crippen molar-refractivity contribution in [1.82, 2.24) is 21.3 Å². The molecule has 0 radical (unpaired) electrons. The van der Waals surface area contributed by atoms with E-state index in [9.17, 15) is 32.7 Å². The number of urea groups is 1. The molecule has 3 aromatic rings. The van der Waals surface area contributed by atoms with Gasteiger partial charge in [-0.2, -0.15) is 13.2 Å². The third kappa shape index (κ3) is 16.8. The largest absolute Gasteiger partial charge is 0.508 e. The molecule has 282 valence electrons. The van der Waals surface area contributed by atoms with Gasteiger partial charge in [-0.25, -0.2) is 9.59 Å². The van der Waals surface area contributed by atoms with Crippen molar-refractivity contribution < 1.29 is 42.6 Å². The standard InChI is InChI=1S/C34H45N7O4.C2HF3O2/c35-21-9-1-2-10-22-38-34(45)41-33(36)37-23-11-16-29(31(43)39-24-25-17-19-28(42)20-18-25)40-32(44)30(26-12-5-3-6-13-26)27-14-7-4-8-15-27;3-2(4,5)1(6)7/h3-8,12-15,17-20,29-30,42H,1-2,9-11,16,21-24,35H2,(H,39,43)(H,40,44)(H4,36,37,38,41,45);(H,6,7)/t29-;/m1./s1. The number of phenolic OH excluding ortho intramolecular Hbond substituents is 1. The quantitative estimate of drug-likeness (QED) is 0.0578. The van der Waals surface area contributed by atoms with Crippen molar-refractivity contribution in [3.8, 4) is 5.75 Å². The number of carboxylic acid groups (broad SMARTS) is 1. The SMILES string of the molecule is NCCCCCCNC(=O)NC(N)=NCCC[C@@H](NC(=O)C(c1ccccc1)c1ccccc1)C(=O)NCc1ccc(O)cc1.O=C(O)C(F)(F)F. The molecule has 0 heterocycles. The maximum Gasteiger partial charge on any atom is 0.490 e. The Labute approximate surface area is 300 Å². The molecule has 0 fully saturated rings. The number of aromatic hydroxyl groups is 1. The molecule has 3 aromatic carbocycles. The van der Waals surface area contributed by atoms with Gasteiger partial charge in [-0.3, -0.25) is 19.9 Å². The van der Waals surface area contributed by atoms with E-state index in [1.54, 1.807) is 24.3 Å². The first-order chi connectivity index (χ1) is 24.8. The van der Waals surface area contributed by atoms with Crippen LogP contribution in [0.1, 0.15) is 61.1 Å². The lowest BCUT2D eigenvalue weighted by Gasteiger charge is -2.23. The molecule has 52 heavy (non-hydrogen) atoms. The first-order valence-electron chi connectivity index (χ1n) is 16.6. The van der Waals surface area contributed by atoms with E-state index in [0.29, 0.717) is 19.5 Å². The summed E-state index contributed by atoms with van der Waals surface area (Å²) >= 11 is 0. The molecule has 0 saturated carbocycles. The van der Waals surface area contributed by atoms with Gasteiger partial charge in [0, 0.05) is 19.6 Å². The second-order valence-corrected chi connectivity index (χ2v) is 11.5. The highest BCUT2D eigenvalue weighted by atomic mass is 19.4. The molecule has 3 rings (SSSR count). The summed E-state index contributed by atoms with van der Waals surface area (Å²) in [7, 11) is 0. The molecule has 4 amide bonds. The van der Waals surface area contributed by atoms with E-state index in [2.05, 4.69) is 26.3 Å². The van der Waals surface area contributed by atoms with Crippen molar-refractivity contribution in [3.05, 3.63) is 102 Å². The zero-order valence-electron chi connectivity index (χ0n) is 28.6. The zero-order valence-corrected chi connectivity index (χ0v) is 28.6. The number of carbonyl (C=O) groups is 4. The van der Waals surface area contributed by atoms with Gasteiger partial charge in [0.2, 0.25) is 11.8 Å². The van der Waals surface area contributed by atoms with Crippen LogP contribution in [0, 0.1) is 0 Å². The van der Waals surface area contributed by atoms with Crippen LogP contribution in [0.25, 0.3) is 0 Å². The summed E-state index contributed by atoms with van der Waals surface area (Å²) in [6, 6.07) is 24.1. The molecule has 0 unspecified atom stereocenters. The second kappa shape index (κ2) is 23.0. The van der Waals surface area contributed by atoms with E-state index >= 15 is 0 Å². The summed E-state index contributed by atoms with van der Waals surface area (Å²) < 4.78 is 31.7. The predicted molar refractivity (Wildman–Crippen MR) is 190 cm³/mol. The number of nitrogens with zero attached hydrogens (tertiary/aromatic N) is 1. The van der Waals surface area contributed by atoms with Gasteiger partial charge in [0.15, 0.2) is 5.96 Å². The Kier molecular flexibility index (Phi) is 18.8. The highest BCUT2D eigenvalue weighted by Gasteiger charge is 2.38. The van der Waals surface area contributed by atoms with Gasteiger partial charge in [-0.05, 0) is 61.1 Å². The van der Waals surface area contributed by atoms with Gasteiger partial charge >= 0.3 is 18.2 Å². The molecular formula is C36H46F3N7O6. The average Bonchev–Trinajstić information content (AvgIpc) is 3.11. The van der Waals surface area contributed by atoms with E-state index in [4.69, 9.17) is 21.4 Å². The van der Waals surface area contributed by atoms with Crippen molar-refractivity contribution >= 4 is 29.8 Å². The predicted octanol–water partition coefficient (Wildman–Crippen LogP) is 3.87. The Morgan fingerprint density at radius 1 is 0.769 bits per heavy atom. The smallest absolute Gasteiger partial charge is 0.490 e. The monoisotopic (exact) mass is 729 g/mol. The van der Waals surface area contributed by atoms with Crippen LogP contribution in [-0.2, 0) is 20.9 Å². The molecule has 0 aliphatic carbocycles. The maximum absolute atomic E-state index is 13.8. The Morgan fingerprint density at radius 2 is 1.33 bits per heavy atom. The molecule has 13 nitrogen and oxygen atoms in total. The minimum atomic E-state index is -5.08. The summed E-state index contributed by atoms with van der Waals surface area (Å²) in [6.07, 6.45) is -0.546. The zero-order chi connectivity index (χ0) is 38.4. The molecule has 0 bridgehead atoms. The van der Waals surface area contributed by atoms with Crippen molar-refractivity contribution in [3.63, 3.8) is 0 Å². The number of alkyl halides is 3. The highest BCUT2D eigenvalue weighted by molar-refractivity contribution is 5.95. The fourth-order valence-electron chi connectivity index (χ4n) is 4.76. The number of rotatable bonds is 17. The minimum absolute atomic E-state index is 0.0266. The molecular weight excluding hydrogens is 683 g/mol. The number of carboxylic acids is 1. The van der Waals surface area contributed by atoms with E-state index in [1.807, 2.05) is 60.7 Å². The van der Waals surface area contributed by atoms with E-state index in [1.165, 1.54) is 0 Å². The third-order valence-electron chi connectivity index (χ3n) is 7.40. The number of hydrogen-bond acceptors (Lipinski definition) is 7. The van der Waals surface area contributed by atoms with Gasteiger partial charge in [0.05, 0.1) is 5.92 Å². The molecule has 1 atom stereocenters. The van der Waals surface area contributed by atoms with Crippen LogP contribution in [0.4, 0.5) is 18.0 Å². The number of amides is 4. The van der Waals surface area contributed by atoms with E-state index < -0.39 is 30.1 Å². The molecule has 0 aliphatic rings.